The fraction of sp³-hybridized carbons (Fsp3) is 0.586. The molecule has 0 saturated heterocycles. The molecule has 0 amide bonds. The topological polar surface area (TPSA) is 107 Å². The average molecular weight is 612 g/mol. The molecule has 0 spiro atoms. The molecule has 0 fully saturated rings. The van der Waals surface area contributed by atoms with Gasteiger partial charge in [0.15, 0.2) is 0 Å². The summed E-state index contributed by atoms with van der Waals surface area (Å²) in [7, 11) is -4.96. The Morgan fingerprint density at radius 2 is 1.05 bits per heavy atom. The molecule has 2 aromatic carbocycles. The quantitative estimate of drug-likeness (QED) is 0.274. The van der Waals surface area contributed by atoms with Crippen molar-refractivity contribution in [3.63, 3.8) is 0 Å². The van der Waals surface area contributed by atoms with Gasteiger partial charge in [-0.05, 0) is 50.5 Å². The summed E-state index contributed by atoms with van der Waals surface area (Å²) in [5.41, 5.74) is 1.99. The molecular formula is C29H45O6PZr. The van der Waals surface area contributed by atoms with E-state index in [2.05, 4.69) is 20.8 Å². The Kier molecular flexibility index (Phi) is 10.0. The van der Waals surface area contributed by atoms with Crippen molar-refractivity contribution in [1.82, 2.24) is 0 Å². The zero-order chi connectivity index (χ0) is 28.2. The summed E-state index contributed by atoms with van der Waals surface area (Å²) in [5.74, 6) is -0.0993. The van der Waals surface area contributed by atoms with Crippen LogP contribution in [0.2, 0.25) is 0 Å². The van der Waals surface area contributed by atoms with E-state index in [-0.39, 0.29) is 59.7 Å². The first-order valence-corrected chi connectivity index (χ1v) is 13.9. The number of hydrogen-bond donors (Lipinski definition) is 4. The summed E-state index contributed by atoms with van der Waals surface area (Å²) >= 11 is 0. The number of phosphoric ester groups is 1. The third-order valence-electron chi connectivity index (χ3n) is 6.40. The van der Waals surface area contributed by atoms with Crippen LogP contribution in [0.4, 0.5) is 0 Å². The Morgan fingerprint density at radius 3 is 1.41 bits per heavy atom. The molecule has 0 bridgehead atoms. The van der Waals surface area contributed by atoms with Gasteiger partial charge in [0.2, 0.25) is 0 Å². The number of phenols is 1. The fourth-order valence-electron chi connectivity index (χ4n) is 4.10. The SMILES string of the molecule is CC(C)(C)c1cc(C(O)c2cc(C(C)(C)C)cc(C(C)(C)C)c2OP(=O)(O)O)c(O)c(C(C)(C)C)c1.[Zr]. The van der Waals surface area contributed by atoms with Gasteiger partial charge in [-0.2, -0.15) is 0 Å². The van der Waals surface area contributed by atoms with E-state index in [1.165, 1.54) is 0 Å². The standard InChI is InChI=1S/C29H45O6P.Zr/c1-26(2,3)17-13-19(24(31)21(15-17)28(7,8)9)23(30)20-14-18(27(4,5)6)16-22(29(10,11)12)25(20)35-36(32,33)34;/h13-16,23,30-31H,1-12H3,(H2,32,33,34);. The zero-order valence-electron chi connectivity index (χ0n) is 24.4. The molecule has 0 aromatic heterocycles. The van der Waals surface area contributed by atoms with Crippen LogP contribution in [0.3, 0.4) is 0 Å². The van der Waals surface area contributed by atoms with Crippen LogP contribution in [0.25, 0.3) is 0 Å². The van der Waals surface area contributed by atoms with E-state index in [0.717, 1.165) is 11.1 Å². The number of aromatic hydroxyl groups is 1. The molecular weight excluding hydrogens is 567 g/mol. The van der Waals surface area contributed by atoms with Gasteiger partial charge < -0.3 is 14.7 Å². The van der Waals surface area contributed by atoms with Crippen molar-refractivity contribution in [2.75, 3.05) is 0 Å². The summed E-state index contributed by atoms with van der Waals surface area (Å²) in [6.07, 6.45) is -1.39. The third-order valence-corrected chi connectivity index (χ3v) is 6.82. The predicted octanol–water partition coefficient (Wildman–Crippen LogP) is 7.13. The average Bonchev–Trinajstić information content (AvgIpc) is 2.62. The molecule has 4 N–H and O–H groups in total. The van der Waals surface area contributed by atoms with Crippen molar-refractivity contribution in [3.05, 3.63) is 57.6 Å². The molecule has 37 heavy (non-hydrogen) atoms. The van der Waals surface area contributed by atoms with Gasteiger partial charge in [0.1, 0.15) is 17.6 Å². The van der Waals surface area contributed by atoms with E-state index >= 15 is 0 Å². The number of phosphoric acid groups is 1. The monoisotopic (exact) mass is 610 g/mol. The van der Waals surface area contributed by atoms with E-state index in [4.69, 9.17) is 4.52 Å². The van der Waals surface area contributed by atoms with E-state index in [0.29, 0.717) is 11.1 Å². The van der Waals surface area contributed by atoms with Crippen molar-refractivity contribution >= 4 is 7.82 Å². The number of phenolic OH excluding ortho intramolecular Hbond substituents is 1. The van der Waals surface area contributed by atoms with Crippen molar-refractivity contribution in [2.45, 2.75) is 111 Å². The summed E-state index contributed by atoms with van der Waals surface area (Å²) in [6, 6.07) is 7.35. The molecule has 0 aliphatic carbocycles. The second-order valence-corrected chi connectivity index (χ2v) is 15.1. The number of aliphatic hydroxyl groups excluding tert-OH is 1. The fourth-order valence-corrected chi connectivity index (χ4v) is 4.54. The number of hydrogen-bond acceptors (Lipinski definition) is 4. The van der Waals surface area contributed by atoms with Gasteiger partial charge in [0, 0.05) is 42.9 Å². The van der Waals surface area contributed by atoms with Gasteiger partial charge in [-0.3, -0.25) is 9.79 Å². The van der Waals surface area contributed by atoms with Crippen LogP contribution in [0.1, 0.15) is 123 Å². The zero-order valence-corrected chi connectivity index (χ0v) is 27.8. The molecule has 1 atom stereocenters. The Bertz CT molecular complexity index is 1170. The van der Waals surface area contributed by atoms with Gasteiger partial charge in [-0.25, -0.2) is 4.57 Å². The van der Waals surface area contributed by atoms with E-state index < -0.39 is 24.8 Å². The minimum Gasteiger partial charge on any atom is -0.507 e. The summed E-state index contributed by atoms with van der Waals surface area (Å²) < 4.78 is 17.3. The number of aliphatic hydroxyl groups is 1. The van der Waals surface area contributed by atoms with Crippen molar-refractivity contribution in [1.29, 1.82) is 0 Å². The molecule has 6 nitrogen and oxygen atoms in total. The Labute approximate surface area is 242 Å². The number of benzene rings is 2. The molecule has 8 heteroatoms. The van der Waals surface area contributed by atoms with Gasteiger partial charge in [0.25, 0.3) is 0 Å². The minimum atomic E-state index is -4.96. The maximum Gasteiger partial charge on any atom is 0.524 e. The Morgan fingerprint density at radius 1 is 0.676 bits per heavy atom. The maximum atomic E-state index is 12.1. The normalized spacial score (nSPS) is 14.2. The molecule has 1 unspecified atom stereocenters. The second-order valence-electron chi connectivity index (χ2n) is 13.9. The first kappa shape index (κ1) is 34.1. The van der Waals surface area contributed by atoms with Crippen molar-refractivity contribution < 1.29 is 55.3 Å². The van der Waals surface area contributed by atoms with Gasteiger partial charge in [-0.1, -0.05) is 95.2 Å². The Balaban J connectivity index is 0.00000684. The van der Waals surface area contributed by atoms with E-state index in [9.17, 15) is 24.6 Å². The van der Waals surface area contributed by atoms with E-state index in [1.807, 2.05) is 74.4 Å². The summed E-state index contributed by atoms with van der Waals surface area (Å²) in [6.45, 7) is 24.0. The van der Waals surface area contributed by atoms with Crippen LogP contribution in [0, 0.1) is 0 Å². The first-order chi connectivity index (χ1) is 15.8. The number of rotatable bonds is 4. The van der Waals surface area contributed by atoms with Crippen molar-refractivity contribution in [2.24, 2.45) is 0 Å². The minimum absolute atomic E-state index is 0. The van der Waals surface area contributed by atoms with Crippen LogP contribution in [0.15, 0.2) is 24.3 Å². The van der Waals surface area contributed by atoms with Gasteiger partial charge >= 0.3 is 7.82 Å². The van der Waals surface area contributed by atoms with Crippen LogP contribution >= 0.6 is 7.82 Å². The summed E-state index contributed by atoms with van der Waals surface area (Å²) in [5, 5.41) is 23.2. The van der Waals surface area contributed by atoms with E-state index in [1.54, 1.807) is 12.1 Å². The van der Waals surface area contributed by atoms with Crippen LogP contribution in [-0.2, 0) is 52.4 Å². The van der Waals surface area contributed by atoms with Gasteiger partial charge in [-0.15, -0.1) is 0 Å². The molecule has 0 saturated carbocycles. The molecule has 206 valence electrons. The van der Waals surface area contributed by atoms with Crippen LogP contribution in [-0.4, -0.2) is 20.0 Å². The summed E-state index contributed by atoms with van der Waals surface area (Å²) in [4.78, 5) is 19.6. The molecule has 0 heterocycles. The largest absolute Gasteiger partial charge is 0.524 e. The molecule has 0 radical (unpaired) electrons. The first-order valence-electron chi connectivity index (χ1n) is 12.3. The van der Waals surface area contributed by atoms with Crippen LogP contribution in [0.5, 0.6) is 11.5 Å². The Hall–Kier alpha value is -0.967. The maximum absolute atomic E-state index is 12.1. The predicted molar refractivity (Wildman–Crippen MR) is 146 cm³/mol. The third kappa shape index (κ3) is 8.26. The smallest absolute Gasteiger partial charge is 0.507 e. The molecule has 2 aromatic rings. The molecule has 0 aliphatic rings. The van der Waals surface area contributed by atoms with Crippen LogP contribution < -0.4 is 4.52 Å². The molecule has 0 aliphatic heterocycles. The van der Waals surface area contributed by atoms with Gasteiger partial charge in [0.05, 0.1) is 0 Å². The molecule has 2 rings (SSSR count). The second kappa shape index (κ2) is 10.9. The van der Waals surface area contributed by atoms with Crippen molar-refractivity contribution in [3.8, 4) is 11.5 Å².